The van der Waals surface area contributed by atoms with Crippen molar-refractivity contribution in [1.29, 1.82) is 0 Å². The largest absolute Gasteiger partial charge is 0.293 e. The number of carbonyl (C=O) groups excluding carboxylic acids is 3. The summed E-state index contributed by atoms with van der Waals surface area (Å²) in [7, 11) is 1.81. The first-order valence-electron chi connectivity index (χ1n) is 6.98. The van der Waals surface area contributed by atoms with Gasteiger partial charge in [-0.15, -0.1) is 0 Å². The van der Waals surface area contributed by atoms with Gasteiger partial charge in [0.1, 0.15) is 0 Å². The number of rotatable bonds is 1. The van der Waals surface area contributed by atoms with Crippen LogP contribution in [0.2, 0.25) is 0 Å². The van der Waals surface area contributed by atoms with Crippen LogP contribution in [-0.4, -0.2) is 41.6 Å². The second kappa shape index (κ2) is 4.11. The van der Waals surface area contributed by atoms with E-state index in [2.05, 4.69) is 0 Å². The van der Waals surface area contributed by atoms with Gasteiger partial charge in [-0.2, -0.15) is 0 Å². The third kappa shape index (κ3) is 1.46. The van der Waals surface area contributed by atoms with Crippen molar-refractivity contribution < 1.29 is 14.4 Å². The van der Waals surface area contributed by atoms with E-state index in [1.165, 1.54) is 11.0 Å². The minimum absolute atomic E-state index is 0.0858. The van der Waals surface area contributed by atoms with Gasteiger partial charge in [0.2, 0.25) is 11.8 Å². The average molecular weight is 282 g/mol. The van der Waals surface area contributed by atoms with Gasteiger partial charge in [0.15, 0.2) is 5.78 Å². The maximum Gasteiger partial charge on any atom is 0.239 e. The molecule has 0 spiro atoms. The minimum atomic E-state index is -0.560. The van der Waals surface area contributed by atoms with Gasteiger partial charge in [0.25, 0.3) is 0 Å². The van der Waals surface area contributed by atoms with E-state index in [1.54, 1.807) is 30.3 Å². The van der Waals surface area contributed by atoms with E-state index in [9.17, 15) is 14.4 Å². The maximum absolute atomic E-state index is 12.7. The monoisotopic (exact) mass is 282 g/mol. The van der Waals surface area contributed by atoms with E-state index in [-0.39, 0.29) is 23.6 Å². The molecule has 0 radical (unpaired) electrons. The Hall–Kier alpha value is -2.27. The Kier molecular flexibility index (Phi) is 2.44. The summed E-state index contributed by atoms with van der Waals surface area (Å²) in [6.07, 6.45) is 3.27. The first-order valence-corrected chi connectivity index (χ1v) is 6.98. The number of likely N-dealkylation sites (N-methyl/N-ethyl adjacent to an activating group) is 1. The number of carbonyl (C=O) groups is 3. The molecule has 0 N–H and O–H groups in total. The van der Waals surface area contributed by atoms with Crippen LogP contribution in [0, 0.1) is 11.8 Å². The van der Waals surface area contributed by atoms with Crippen LogP contribution in [0.3, 0.4) is 0 Å². The number of ketones is 1. The van der Waals surface area contributed by atoms with Gasteiger partial charge in [-0.3, -0.25) is 19.3 Å². The molecule has 3 heterocycles. The number of amides is 2. The van der Waals surface area contributed by atoms with Crippen LogP contribution >= 0.6 is 0 Å². The van der Waals surface area contributed by atoms with Gasteiger partial charge in [-0.25, -0.2) is 4.90 Å². The van der Waals surface area contributed by atoms with Crippen LogP contribution in [0.5, 0.6) is 0 Å². The highest BCUT2D eigenvalue weighted by molar-refractivity contribution is 6.24. The van der Waals surface area contributed by atoms with Gasteiger partial charge >= 0.3 is 0 Å². The second-order valence-electron chi connectivity index (χ2n) is 5.76. The summed E-state index contributed by atoms with van der Waals surface area (Å²) in [6, 6.07) is 8.24. The molecule has 0 saturated carbocycles. The molecule has 2 amide bonds. The number of imide groups is 1. The highest BCUT2D eigenvalue weighted by Gasteiger charge is 2.63. The van der Waals surface area contributed by atoms with Crippen molar-refractivity contribution >= 4 is 23.3 Å². The molecule has 4 atom stereocenters. The van der Waals surface area contributed by atoms with E-state index in [4.69, 9.17) is 0 Å². The quantitative estimate of drug-likeness (QED) is 0.708. The van der Waals surface area contributed by atoms with Gasteiger partial charge < -0.3 is 0 Å². The number of benzene rings is 1. The summed E-state index contributed by atoms with van der Waals surface area (Å²) in [5.74, 6) is -1.55. The van der Waals surface area contributed by atoms with Crippen molar-refractivity contribution in [2.24, 2.45) is 11.8 Å². The highest BCUT2D eigenvalue weighted by Crippen LogP contribution is 2.45. The summed E-state index contributed by atoms with van der Waals surface area (Å²) in [6.45, 7) is 0. The Balaban J connectivity index is 1.80. The molecule has 106 valence electrons. The Morgan fingerprint density at radius 3 is 2.33 bits per heavy atom. The van der Waals surface area contributed by atoms with Crippen molar-refractivity contribution in [3.63, 3.8) is 0 Å². The molecule has 2 saturated heterocycles. The van der Waals surface area contributed by atoms with E-state index in [0.717, 1.165) is 0 Å². The van der Waals surface area contributed by atoms with Gasteiger partial charge in [-0.1, -0.05) is 24.3 Å². The molecule has 4 rings (SSSR count). The van der Waals surface area contributed by atoms with Gasteiger partial charge in [0, 0.05) is 6.04 Å². The summed E-state index contributed by atoms with van der Waals surface area (Å²) in [5, 5.41) is 0. The van der Waals surface area contributed by atoms with Crippen molar-refractivity contribution in [2.45, 2.75) is 12.1 Å². The second-order valence-corrected chi connectivity index (χ2v) is 5.76. The third-order valence-electron chi connectivity index (χ3n) is 4.78. The smallest absolute Gasteiger partial charge is 0.239 e. The molecular weight excluding hydrogens is 268 g/mol. The fourth-order valence-corrected chi connectivity index (χ4v) is 3.85. The normalized spacial score (nSPS) is 34.7. The van der Waals surface area contributed by atoms with Crippen molar-refractivity contribution in [3.8, 4) is 0 Å². The molecule has 21 heavy (non-hydrogen) atoms. The first kappa shape index (κ1) is 12.5. The van der Waals surface area contributed by atoms with Gasteiger partial charge in [-0.05, 0) is 25.3 Å². The first-order chi connectivity index (χ1) is 10.1. The highest BCUT2D eigenvalue weighted by atomic mass is 16.2. The lowest BCUT2D eigenvalue weighted by atomic mass is 9.90. The van der Waals surface area contributed by atoms with E-state index >= 15 is 0 Å². The Bertz CT molecular complexity index is 682. The molecule has 0 unspecified atom stereocenters. The number of anilines is 1. The summed E-state index contributed by atoms with van der Waals surface area (Å²) in [4.78, 5) is 40.6. The predicted molar refractivity (Wildman–Crippen MR) is 75.4 cm³/mol. The maximum atomic E-state index is 12.7. The molecule has 0 aromatic heterocycles. The molecule has 2 fully saturated rings. The molecule has 3 aliphatic rings. The molecule has 1 aromatic carbocycles. The zero-order chi connectivity index (χ0) is 14.7. The topological polar surface area (TPSA) is 57.7 Å². The third-order valence-corrected chi connectivity index (χ3v) is 4.78. The van der Waals surface area contributed by atoms with Crippen molar-refractivity contribution in [2.75, 3.05) is 11.9 Å². The molecule has 2 bridgehead atoms. The number of hydrogen-bond acceptors (Lipinski definition) is 4. The molecule has 0 aliphatic carbocycles. The van der Waals surface area contributed by atoms with E-state index in [0.29, 0.717) is 5.69 Å². The Morgan fingerprint density at radius 1 is 0.952 bits per heavy atom. The SMILES string of the molecule is CN1[C@@H]2C=CC(=O)[C@@H]1[C@H]1C(=O)N(c3ccccc3)C(=O)[C@@H]12. The molecule has 5 nitrogen and oxygen atoms in total. The predicted octanol–water partition coefficient (Wildman–Crippen LogP) is 0.614. The average Bonchev–Trinajstić information content (AvgIpc) is 2.83. The summed E-state index contributed by atoms with van der Waals surface area (Å²) in [5.41, 5.74) is 0.582. The van der Waals surface area contributed by atoms with Crippen molar-refractivity contribution in [3.05, 3.63) is 42.5 Å². The zero-order valence-corrected chi connectivity index (χ0v) is 11.5. The zero-order valence-electron chi connectivity index (χ0n) is 11.5. The lowest BCUT2D eigenvalue weighted by molar-refractivity contribution is -0.128. The van der Waals surface area contributed by atoms with Crippen LogP contribution in [0.25, 0.3) is 0 Å². The molecular formula is C16H14N2O3. The number of nitrogens with zero attached hydrogens (tertiary/aromatic N) is 2. The minimum Gasteiger partial charge on any atom is -0.293 e. The number of fused-ring (bicyclic) bond motifs is 5. The Morgan fingerprint density at radius 2 is 1.62 bits per heavy atom. The van der Waals surface area contributed by atoms with Crippen LogP contribution < -0.4 is 4.90 Å². The van der Waals surface area contributed by atoms with Crippen LogP contribution in [-0.2, 0) is 14.4 Å². The van der Waals surface area contributed by atoms with Crippen LogP contribution in [0.1, 0.15) is 0 Å². The summed E-state index contributed by atoms with van der Waals surface area (Å²) < 4.78 is 0. The lowest BCUT2D eigenvalue weighted by Crippen LogP contribution is -2.47. The fourth-order valence-electron chi connectivity index (χ4n) is 3.85. The standard InChI is InChI=1S/C16H14N2O3/c1-17-10-7-8-11(19)14(17)13-12(10)15(20)18(16(13)21)9-5-3-2-4-6-9/h2-8,10,12-14H,1H3/t10-,12-,13+,14-/m1/s1. The summed E-state index contributed by atoms with van der Waals surface area (Å²) >= 11 is 0. The molecule has 5 heteroatoms. The lowest BCUT2D eigenvalue weighted by Gasteiger charge is -2.29. The van der Waals surface area contributed by atoms with Gasteiger partial charge in [0.05, 0.1) is 23.6 Å². The van der Waals surface area contributed by atoms with E-state index < -0.39 is 17.9 Å². The van der Waals surface area contributed by atoms with Crippen LogP contribution in [0.4, 0.5) is 5.69 Å². The number of para-hydroxylation sites is 1. The molecule has 1 aromatic rings. The van der Waals surface area contributed by atoms with Crippen molar-refractivity contribution in [1.82, 2.24) is 4.90 Å². The fraction of sp³-hybridized carbons (Fsp3) is 0.312. The number of hydrogen-bond donors (Lipinski definition) is 0. The van der Waals surface area contributed by atoms with Crippen LogP contribution in [0.15, 0.2) is 42.5 Å². The molecule has 3 aliphatic heterocycles. The van der Waals surface area contributed by atoms with E-state index in [1.807, 2.05) is 18.0 Å². The Labute approximate surface area is 121 Å².